The molecule has 4 rings (SSSR count). The van der Waals surface area contributed by atoms with Crippen LogP contribution in [0.5, 0.6) is 0 Å². The molecule has 0 unspecified atom stereocenters. The van der Waals surface area contributed by atoms with E-state index in [0.717, 1.165) is 68.6 Å². The van der Waals surface area contributed by atoms with Crippen molar-refractivity contribution in [2.45, 2.75) is 90.1 Å². The van der Waals surface area contributed by atoms with E-state index in [-0.39, 0.29) is 11.0 Å². The Balaban J connectivity index is 1.51. The Kier molecular flexibility index (Phi) is 3.91. The third-order valence-electron chi connectivity index (χ3n) is 8.53. The van der Waals surface area contributed by atoms with Crippen LogP contribution in [-0.4, -0.2) is 16.5 Å². The fourth-order valence-corrected chi connectivity index (χ4v) is 7.43. The zero-order valence-corrected chi connectivity index (χ0v) is 15.0. The quantitative estimate of drug-likeness (QED) is 0.798. The second-order valence-electron chi connectivity index (χ2n) is 9.57. The summed E-state index contributed by atoms with van der Waals surface area (Å²) in [5.74, 6) is 4.48. The van der Waals surface area contributed by atoms with E-state index in [9.17, 15) is 9.90 Å². The first-order valence-corrected chi connectivity index (χ1v) is 10.2. The fourth-order valence-electron chi connectivity index (χ4n) is 7.43. The van der Waals surface area contributed by atoms with Crippen molar-refractivity contribution in [3.8, 4) is 0 Å². The molecular formula is C21H34O2. The van der Waals surface area contributed by atoms with Gasteiger partial charge in [-0.25, -0.2) is 0 Å². The number of Topliss-reactive ketones (excluding diaryl/α,β-unsaturated/α-hetero) is 1. The van der Waals surface area contributed by atoms with Crippen molar-refractivity contribution in [2.75, 3.05) is 0 Å². The largest absolute Gasteiger partial charge is 0.390 e. The number of carbonyl (C=O) groups is 1. The number of ketones is 1. The van der Waals surface area contributed by atoms with Crippen molar-refractivity contribution < 1.29 is 9.90 Å². The highest BCUT2D eigenvalue weighted by molar-refractivity contribution is 5.87. The molecular weight excluding hydrogens is 284 g/mol. The molecule has 0 heterocycles. The smallest absolute Gasteiger partial charge is 0.139 e. The van der Waals surface area contributed by atoms with Gasteiger partial charge in [0, 0.05) is 11.8 Å². The Morgan fingerprint density at radius 2 is 1.83 bits per heavy atom. The summed E-state index contributed by atoms with van der Waals surface area (Å²) in [4.78, 5) is 12.4. The van der Waals surface area contributed by atoms with E-state index in [1.807, 2.05) is 0 Å². The van der Waals surface area contributed by atoms with Gasteiger partial charge in [-0.2, -0.15) is 0 Å². The Morgan fingerprint density at radius 1 is 1.04 bits per heavy atom. The first-order chi connectivity index (χ1) is 11.0. The molecule has 1 N–H and O–H groups in total. The van der Waals surface area contributed by atoms with E-state index in [0.29, 0.717) is 11.7 Å². The van der Waals surface area contributed by atoms with Gasteiger partial charge < -0.3 is 5.11 Å². The second kappa shape index (κ2) is 5.58. The van der Waals surface area contributed by atoms with Gasteiger partial charge in [-0.3, -0.25) is 4.79 Å². The van der Waals surface area contributed by atoms with Crippen molar-refractivity contribution in [2.24, 2.45) is 35.0 Å². The lowest BCUT2D eigenvalue weighted by Gasteiger charge is -2.56. The second-order valence-corrected chi connectivity index (χ2v) is 9.57. The van der Waals surface area contributed by atoms with Gasteiger partial charge in [-0.05, 0) is 87.4 Å². The molecule has 0 bridgehead atoms. The molecule has 4 saturated carbocycles. The van der Waals surface area contributed by atoms with Crippen molar-refractivity contribution >= 4 is 5.78 Å². The van der Waals surface area contributed by atoms with E-state index in [2.05, 4.69) is 13.8 Å². The van der Waals surface area contributed by atoms with Gasteiger partial charge in [0.15, 0.2) is 0 Å². The van der Waals surface area contributed by atoms with Crippen molar-refractivity contribution in [3.05, 3.63) is 0 Å². The first-order valence-electron chi connectivity index (χ1n) is 10.2. The standard InChI is InChI=1S/C21H34O2/c1-3-10-21(23)12-9-15-14(13-21)4-5-17-16(15)8-11-20(2)18(17)6-7-19(20)22/h14-18,23H,3-13H2,1-2H3/t14-,15-,16+,17+,18-,20-,21+/m0/s1. The summed E-state index contributed by atoms with van der Waals surface area (Å²) in [6.45, 7) is 4.47. The molecule has 4 aliphatic rings. The molecule has 0 saturated heterocycles. The number of hydrogen-bond acceptors (Lipinski definition) is 2. The Bertz CT molecular complexity index is 486. The van der Waals surface area contributed by atoms with Crippen LogP contribution >= 0.6 is 0 Å². The van der Waals surface area contributed by atoms with Gasteiger partial charge in [0.25, 0.3) is 0 Å². The molecule has 0 aliphatic heterocycles. The van der Waals surface area contributed by atoms with Crippen LogP contribution in [0, 0.1) is 35.0 Å². The molecule has 0 aromatic heterocycles. The maximum absolute atomic E-state index is 12.4. The molecule has 0 amide bonds. The molecule has 0 aromatic rings. The lowest BCUT2D eigenvalue weighted by atomic mass is 9.49. The molecule has 23 heavy (non-hydrogen) atoms. The van der Waals surface area contributed by atoms with E-state index < -0.39 is 0 Å². The minimum atomic E-state index is -0.366. The molecule has 7 atom stereocenters. The summed E-state index contributed by atoms with van der Waals surface area (Å²) in [7, 11) is 0. The Hall–Kier alpha value is -0.370. The number of hydrogen-bond donors (Lipinski definition) is 1. The van der Waals surface area contributed by atoms with Crippen LogP contribution in [-0.2, 0) is 4.79 Å². The molecule has 2 nitrogen and oxygen atoms in total. The van der Waals surface area contributed by atoms with Gasteiger partial charge in [0.1, 0.15) is 5.78 Å². The Labute approximate surface area is 141 Å². The van der Waals surface area contributed by atoms with Crippen LogP contribution < -0.4 is 0 Å². The number of carbonyl (C=O) groups excluding carboxylic acids is 1. The van der Waals surface area contributed by atoms with Gasteiger partial charge in [0.05, 0.1) is 5.60 Å². The average Bonchev–Trinajstić information content (AvgIpc) is 2.82. The van der Waals surface area contributed by atoms with Crippen LogP contribution in [0.2, 0.25) is 0 Å². The minimum absolute atomic E-state index is 0.0195. The summed E-state index contributed by atoms with van der Waals surface area (Å²) in [6.07, 6.45) is 12.4. The van der Waals surface area contributed by atoms with Crippen LogP contribution in [0.1, 0.15) is 84.5 Å². The summed E-state index contributed by atoms with van der Waals surface area (Å²) >= 11 is 0. The molecule has 130 valence electrons. The van der Waals surface area contributed by atoms with Gasteiger partial charge in [-0.1, -0.05) is 20.3 Å². The van der Waals surface area contributed by atoms with Crippen LogP contribution in [0.15, 0.2) is 0 Å². The monoisotopic (exact) mass is 318 g/mol. The average molecular weight is 319 g/mol. The summed E-state index contributed by atoms with van der Waals surface area (Å²) in [6, 6.07) is 0. The molecule has 4 aliphatic carbocycles. The summed E-state index contributed by atoms with van der Waals surface area (Å²) in [5, 5.41) is 10.9. The summed E-state index contributed by atoms with van der Waals surface area (Å²) in [5.41, 5.74) is -0.346. The lowest BCUT2D eigenvalue weighted by Crippen LogP contribution is -2.51. The minimum Gasteiger partial charge on any atom is -0.390 e. The van der Waals surface area contributed by atoms with Gasteiger partial charge >= 0.3 is 0 Å². The predicted molar refractivity (Wildman–Crippen MR) is 92.0 cm³/mol. The zero-order valence-electron chi connectivity index (χ0n) is 15.0. The molecule has 0 aromatic carbocycles. The van der Waals surface area contributed by atoms with Crippen LogP contribution in [0.25, 0.3) is 0 Å². The highest BCUT2D eigenvalue weighted by Crippen LogP contribution is 2.62. The summed E-state index contributed by atoms with van der Waals surface area (Å²) < 4.78 is 0. The maximum Gasteiger partial charge on any atom is 0.139 e. The highest BCUT2D eigenvalue weighted by Gasteiger charge is 2.57. The van der Waals surface area contributed by atoms with E-state index in [1.165, 1.54) is 25.7 Å². The molecule has 2 heteroatoms. The van der Waals surface area contributed by atoms with E-state index in [1.54, 1.807) is 0 Å². The van der Waals surface area contributed by atoms with E-state index in [4.69, 9.17) is 0 Å². The van der Waals surface area contributed by atoms with E-state index >= 15 is 0 Å². The molecule has 0 spiro atoms. The van der Waals surface area contributed by atoms with Crippen molar-refractivity contribution in [1.29, 1.82) is 0 Å². The topological polar surface area (TPSA) is 37.3 Å². The molecule has 4 fully saturated rings. The Morgan fingerprint density at radius 3 is 2.61 bits per heavy atom. The lowest BCUT2D eigenvalue weighted by molar-refractivity contribution is -0.135. The van der Waals surface area contributed by atoms with Crippen LogP contribution in [0.4, 0.5) is 0 Å². The zero-order chi connectivity index (χ0) is 16.2. The van der Waals surface area contributed by atoms with Crippen molar-refractivity contribution in [1.82, 2.24) is 0 Å². The number of fused-ring (bicyclic) bond motifs is 5. The third kappa shape index (κ3) is 2.42. The first kappa shape index (κ1) is 16.1. The molecule has 0 radical (unpaired) electrons. The normalized spacial score (nSPS) is 52.7. The predicted octanol–water partition coefficient (Wildman–Crippen LogP) is 4.74. The SMILES string of the molecule is CCC[C@@]1(O)CC[C@H]2[C@@H](CC[C@@H]3[C@@H]2CC[C@]2(C)C(=O)CC[C@@H]32)C1. The maximum atomic E-state index is 12.4. The van der Waals surface area contributed by atoms with Gasteiger partial charge in [0.2, 0.25) is 0 Å². The van der Waals surface area contributed by atoms with Crippen molar-refractivity contribution in [3.63, 3.8) is 0 Å². The number of rotatable bonds is 2. The number of aliphatic hydroxyl groups is 1. The third-order valence-corrected chi connectivity index (χ3v) is 8.53. The van der Waals surface area contributed by atoms with Crippen LogP contribution in [0.3, 0.4) is 0 Å². The fraction of sp³-hybridized carbons (Fsp3) is 0.952. The highest BCUT2D eigenvalue weighted by atomic mass is 16.3. The van der Waals surface area contributed by atoms with Gasteiger partial charge in [-0.15, -0.1) is 0 Å².